The third-order valence-electron chi connectivity index (χ3n) is 11.6. The molecule has 0 bridgehead atoms. The largest absolute Gasteiger partial charge is 0.371 e. The number of rotatable bonds is 8. The minimum absolute atomic E-state index is 0.290. The van der Waals surface area contributed by atoms with E-state index in [4.69, 9.17) is 0 Å². The zero-order chi connectivity index (χ0) is 29.4. The van der Waals surface area contributed by atoms with Crippen molar-refractivity contribution in [2.75, 3.05) is 31.1 Å². The van der Waals surface area contributed by atoms with Crippen molar-refractivity contribution in [1.29, 1.82) is 0 Å². The van der Waals surface area contributed by atoms with Crippen molar-refractivity contribution in [3.05, 3.63) is 84.2 Å². The maximum absolute atomic E-state index is 12.9. The highest BCUT2D eigenvalue weighted by molar-refractivity contribution is 7.91. The number of fused-ring (bicyclic) bond motifs is 1. The third kappa shape index (κ3) is 5.44. The van der Waals surface area contributed by atoms with E-state index in [0.29, 0.717) is 15.2 Å². The molecule has 1 saturated heterocycles. The fourth-order valence-electron chi connectivity index (χ4n) is 9.36. The molecule has 228 valence electrons. The van der Waals surface area contributed by atoms with Gasteiger partial charge in [-0.2, -0.15) is 0 Å². The van der Waals surface area contributed by atoms with Gasteiger partial charge in [0.25, 0.3) is 0 Å². The first-order valence-electron chi connectivity index (χ1n) is 16.8. The van der Waals surface area contributed by atoms with Gasteiger partial charge in [0.15, 0.2) is 0 Å². The zero-order valence-corrected chi connectivity index (χ0v) is 26.5. The summed E-state index contributed by atoms with van der Waals surface area (Å²) in [5.74, 6) is 3.24. The number of likely N-dealkylation sites (N-methyl/N-ethyl adjacent to an activating group) is 1. The highest BCUT2D eigenvalue weighted by Crippen LogP contribution is 2.55. The summed E-state index contributed by atoms with van der Waals surface area (Å²) in [6.45, 7) is 8.06. The van der Waals surface area contributed by atoms with Crippen LogP contribution in [0.1, 0.15) is 75.8 Å². The Hall–Kier alpha value is -2.70. The summed E-state index contributed by atoms with van der Waals surface area (Å²) in [7, 11) is -3.51. The van der Waals surface area contributed by atoms with Crippen LogP contribution in [0.3, 0.4) is 0 Å². The van der Waals surface area contributed by atoms with Gasteiger partial charge in [0.1, 0.15) is 0 Å². The minimum atomic E-state index is -3.51. The molecule has 0 spiro atoms. The Kier molecular flexibility index (Phi) is 8.11. The van der Waals surface area contributed by atoms with E-state index in [1.807, 2.05) is 12.1 Å². The van der Waals surface area contributed by atoms with Gasteiger partial charge in [-0.15, -0.1) is 0 Å². The van der Waals surface area contributed by atoms with Gasteiger partial charge in [0.05, 0.1) is 9.79 Å². The standard InChI is InChI=1S/C37H47N3O2S/c1-2-39-26-30-7-3-6-10-36(30)37(27-39,31-8-4-5-9-31)32-13-11-28(12-14-32)23-29-24-40(25-29)33-15-17-34(18-16-33)43(41,42)35-19-21-38-22-20-35/h3,6-7,10,15-22,28-29,31-32H,2,4-5,8-9,11-14,23-27H2,1H3. The second-order valence-corrected chi connectivity index (χ2v) is 15.8. The number of hydrogen-bond acceptors (Lipinski definition) is 5. The first-order chi connectivity index (χ1) is 21.0. The summed E-state index contributed by atoms with van der Waals surface area (Å²) >= 11 is 0. The monoisotopic (exact) mass is 597 g/mol. The fraction of sp³-hybridized carbons (Fsp3) is 0.541. The van der Waals surface area contributed by atoms with Crippen molar-refractivity contribution in [2.24, 2.45) is 23.7 Å². The van der Waals surface area contributed by atoms with Gasteiger partial charge in [0.2, 0.25) is 9.84 Å². The van der Waals surface area contributed by atoms with E-state index in [0.717, 1.165) is 55.5 Å². The van der Waals surface area contributed by atoms with Crippen LogP contribution in [0.25, 0.3) is 0 Å². The molecular formula is C37H47N3O2S. The lowest BCUT2D eigenvalue weighted by Crippen LogP contribution is -2.54. The van der Waals surface area contributed by atoms with E-state index in [9.17, 15) is 8.42 Å². The van der Waals surface area contributed by atoms with Crippen LogP contribution in [0.2, 0.25) is 0 Å². The van der Waals surface area contributed by atoms with Crippen molar-refractivity contribution < 1.29 is 8.42 Å². The number of benzene rings is 2. The average molecular weight is 598 g/mol. The summed E-state index contributed by atoms with van der Waals surface area (Å²) in [5, 5.41) is 0. The van der Waals surface area contributed by atoms with Crippen LogP contribution in [0.4, 0.5) is 5.69 Å². The molecule has 0 amide bonds. The number of hydrogen-bond donors (Lipinski definition) is 0. The molecule has 2 aromatic carbocycles. The Labute approximate surface area is 258 Å². The highest BCUT2D eigenvalue weighted by Gasteiger charge is 2.51. The van der Waals surface area contributed by atoms with Crippen LogP contribution in [-0.2, 0) is 21.8 Å². The molecule has 5 nitrogen and oxygen atoms in total. The summed E-state index contributed by atoms with van der Waals surface area (Å²) in [5.41, 5.74) is 4.78. The van der Waals surface area contributed by atoms with Crippen molar-refractivity contribution in [3.8, 4) is 0 Å². The first kappa shape index (κ1) is 29.0. The predicted molar refractivity (Wildman–Crippen MR) is 173 cm³/mol. The summed E-state index contributed by atoms with van der Waals surface area (Å²) in [6, 6.07) is 20.1. The van der Waals surface area contributed by atoms with E-state index in [1.54, 1.807) is 35.4 Å². The van der Waals surface area contributed by atoms with Gasteiger partial charge in [-0.3, -0.25) is 9.88 Å². The molecule has 1 atom stereocenters. The second kappa shape index (κ2) is 12.0. The lowest BCUT2D eigenvalue weighted by atomic mass is 9.55. The maximum Gasteiger partial charge on any atom is 0.206 e. The van der Waals surface area contributed by atoms with Gasteiger partial charge in [-0.25, -0.2) is 8.42 Å². The molecule has 6 heteroatoms. The van der Waals surface area contributed by atoms with E-state index in [-0.39, 0.29) is 0 Å². The number of pyridine rings is 1. The molecule has 2 saturated carbocycles. The van der Waals surface area contributed by atoms with Crippen LogP contribution in [-0.4, -0.2) is 44.5 Å². The van der Waals surface area contributed by atoms with Gasteiger partial charge in [-0.05, 0) is 110 Å². The Bertz CT molecular complexity index is 1490. The Morgan fingerprint density at radius 1 is 0.791 bits per heavy atom. The molecule has 3 heterocycles. The second-order valence-electron chi connectivity index (χ2n) is 13.9. The van der Waals surface area contributed by atoms with Crippen LogP contribution in [0, 0.1) is 23.7 Å². The first-order valence-corrected chi connectivity index (χ1v) is 18.3. The highest BCUT2D eigenvalue weighted by atomic mass is 32.2. The lowest BCUT2D eigenvalue weighted by Gasteiger charge is -2.54. The molecule has 1 unspecified atom stereocenters. The number of nitrogens with zero attached hydrogens (tertiary/aromatic N) is 3. The topological polar surface area (TPSA) is 53.5 Å². The van der Waals surface area contributed by atoms with Gasteiger partial charge in [0, 0.05) is 49.7 Å². The average Bonchev–Trinajstić information content (AvgIpc) is 3.59. The molecule has 3 aromatic rings. The summed E-state index contributed by atoms with van der Waals surface area (Å²) in [6.07, 6.45) is 15.6. The SMILES string of the molecule is CCN1Cc2ccccc2C(C2CCCC2)(C2CCC(CC3CN(c4ccc(S(=O)(=O)c5ccncc5)cc4)C3)CC2)C1. The van der Waals surface area contributed by atoms with E-state index in [2.05, 4.69) is 46.0 Å². The number of sulfone groups is 1. The number of anilines is 1. The van der Waals surface area contributed by atoms with Crippen LogP contribution >= 0.6 is 0 Å². The normalized spacial score (nSPS) is 27.1. The number of aromatic nitrogens is 1. The minimum Gasteiger partial charge on any atom is -0.371 e. The fourth-order valence-corrected chi connectivity index (χ4v) is 10.6. The van der Waals surface area contributed by atoms with Crippen LogP contribution in [0.5, 0.6) is 0 Å². The molecule has 7 rings (SSSR count). The zero-order valence-electron chi connectivity index (χ0n) is 25.7. The van der Waals surface area contributed by atoms with Crippen molar-refractivity contribution in [3.63, 3.8) is 0 Å². The van der Waals surface area contributed by atoms with Gasteiger partial charge < -0.3 is 4.90 Å². The smallest absolute Gasteiger partial charge is 0.206 e. The van der Waals surface area contributed by atoms with Crippen LogP contribution in [0.15, 0.2) is 82.8 Å². The Morgan fingerprint density at radius 2 is 1.44 bits per heavy atom. The molecular weight excluding hydrogens is 550 g/mol. The van der Waals surface area contributed by atoms with Gasteiger partial charge >= 0.3 is 0 Å². The molecule has 1 aromatic heterocycles. The Morgan fingerprint density at radius 3 is 2.14 bits per heavy atom. The Balaban J connectivity index is 0.971. The molecule has 0 radical (unpaired) electrons. The summed E-state index contributed by atoms with van der Waals surface area (Å²) in [4.78, 5) is 9.73. The third-order valence-corrected chi connectivity index (χ3v) is 13.4. The van der Waals surface area contributed by atoms with Crippen molar-refractivity contribution in [2.45, 2.75) is 86.5 Å². The lowest BCUT2D eigenvalue weighted by molar-refractivity contribution is 0.0479. The molecule has 3 fully saturated rings. The molecule has 4 aliphatic rings. The van der Waals surface area contributed by atoms with Gasteiger partial charge in [-0.1, -0.05) is 56.9 Å². The quantitative estimate of drug-likeness (QED) is 0.269. The summed E-state index contributed by atoms with van der Waals surface area (Å²) < 4.78 is 25.9. The van der Waals surface area contributed by atoms with Crippen molar-refractivity contribution >= 4 is 15.5 Å². The maximum atomic E-state index is 12.9. The predicted octanol–water partition coefficient (Wildman–Crippen LogP) is 7.51. The van der Waals surface area contributed by atoms with Crippen molar-refractivity contribution in [1.82, 2.24) is 9.88 Å². The molecule has 2 aliphatic heterocycles. The molecule has 2 aliphatic carbocycles. The van der Waals surface area contributed by atoms with E-state index >= 15 is 0 Å². The molecule has 43 heavy (non-hydrogen) atoms. The molecule has 0 N–H and O–H groups in total. The van der Waals surface area contributed by atoms with Crippen LogP contribution < -0.4 is 4.90 Å². The van der Waals surface area contributed by atoms with E-state index < -0.39 is 9.84 Å². The van der Waals surface area contributed by atoms with E-state index in [1.165, 1.54) is 76.7 Å².